The second-order valence-corrected chi connectivity index (χ2v) is 13.5. The van der Waals surface area contributed by atoms with Crippen molar-refractivity contribution in [2.45, 2.75) is 51.8 Å². The summed E-state index contributed by atoms with van der Waals surface area (Å²) in [6, 6.07) is 0. The van der Waals surface area contributed by atoms with Crippen molar-refractivity contribution in [3.8, 4) is 0 Å². The Kier molecular flexibility index (Phi) is 7.66. The lowest BCUT2D eigenvalue weighted by atomic mass is 9.81. The van der Waals surface area contributed by atoms with Gasteiger partial charge in [0.05, 0.1) is 23.2 Å². The fraction of sp³-hybridized carbons (Fsp3) is 0.680. The molecule has 204 valence electrons. The van der Waals surface area contributed by atoms with Crippen molar-refractivity contribution in [3.63, 3.8) is 0 Å². The number of allylic oxidation sites excluding steroid dienone is 2. The van der Waals surface area contributed by atoms with Crippen LogP contribution in [0.3, 0.4) is 0 Å². The summed E-state index contributed by atoms with van der Waals surface area (Å²) in [6.45, 7) is 7.76. The molecule has 2 aliphatic heterocycles. The number of ether oxygens (including phenoxy) is 2. The van der Waals surface area contributed by atoms with E-state index in [4.69, 9.17) is 20.3 Å². The number of hydrogen-bond donors (Lipinski definition) is 3. The number of fused-ring (bicyclic) bond motifs is 4. The fourth-order valence-corrected chi connectivity index (χ4v) is 8.43. The van der Waals surface area contributed by atoms with Crippen LogP contribution < -0.4 is 11.1 Å². The molecule has 2 heterocycles. The average Bonchev–Trinajstić information content (AvgIpc) is 3.44. The first-order valence-electron chi connectivity index (χ1n) is 12.4. The molecule has 12 heteroatoms. The van der Waals surface area contributed by atoms with E-state index in [0.29, 0.717) is 41.5 Å². The molecular formula is C25H35N3O7S2. The monoisotopic (exact) mass is 553 g/mol. The van der Waals surface area contributed by atoms with Crippen LogP contribution in [0, 0.1) is 23.7 Å². The summed E-state index contributed by atoms with van der Waals surface area (Å²) in [5, 5.41) is 12.3. The standard InChI is InChI=1S/C25H35N3O7S2/c1-12(22(31)32)11-37-36-7-6-24(3,4)27-18-13(2)20(29)19-17(21(18)30)16(10-35-23(26)33)25(34-5)15-8-14(15)9-28(19)25/h12,14-16,27H,6-11H2,1-5H3,(H2,26,33)(H,31,32)/t12-,14-,15-,16+,25-/m0/s1. The highest BCUT2D eigenvalue weighted by Crippen LogP contribution is 2.65. The van der Waals surface area contributed by atoms with Gasteiger partial charge in [-0.05, 0) is 39.5 Å². The van der Waals surface area contributed by atoms with Crippen molar-refractivity contribution in [3.05, 3.63) is 22.5 Å². The number of amides is 1. The van der Waals surface area contributed by atoms with Gasteiger partial charge in [-0.2, -0.15) is 0 Å². The molecule has 4 N–H and O–H groups in total. The lowest BCUT2D eigenvalue weighted by Gasteiger charge is -2.40. The van der Waals surface area contributed by atoms with Gasteiger partial charge < -0.3 is 30.5 Å². The molecule has 0 aromatic carbocycles. The summed E-state index contributed by atoms with van der Waals surface area (Å²) in [6.07, 6.45) is 0.680. The minimum absolute atomic E-state index is 0.140. The Bertz CT molecular complexity index is 1090. The summed E-state index contributed by atoms with van der Waals surface area (Å²) < 4.78 is 11.2. The van der Waals surface area contributed by atoms with Crippen molar-refractivity contribution in [1.82, 2.24) is 10.2 Å². The van der Waals surface area contributed by atoms with Gasteiger partial charge in [0.25, 0.3) is 0 Å². The SMILES string of the molecule is CO[C@@]12[C@H](COC(N)=O)C3=C(C(=O)C(C)=C(NC(C)(C)CCSSC[C@H](C)C(=O)O)C3=O)N1C[C@@H]1C[C@@H]12. The number of primary amides is 1. The smallest absolute Gasteiger partial charge is 0.404 e. The maximum absolute atomic E-state index is 14.0. The molecule has 0 unspecified atom stereocenters. The van der Waals surface area contributed by atoms with Crippen molar-refractivity contribution < 1.29 is 33.8 Å². The van der Waals surface area contributed by atoms with Gasteiger partial charge in [0.1, 0.15) is 6.61 Å². The van der Waals surface area contributed by atoms with Crippen LogP contribution >= 0.6 is 21.6 Å². The molecule has 0 spiro atoms. The number of carbonyl (C=O) groups is 4. The maximum atomic E-state index is 14.0. The topological polar surface area (TPSA) is 148 Å². The second kappa shape index (κ2) is 10.2. The van der Waals surface area contributed by atoms with E-state index >= 15 is 0 Å². The van der Waals surface area contributed by atoms with Crippen molar-refractivity contribution in [1.29, 1.82) is 0 Å². The zero-order valence-corrected chi connectivity index (χ0v) is 23.4. The minimum Gasteiger partial charge on any atom is -0.481 e. The van der Waals surface area contributed by atoms with Gasteiger partial charge >= 0.3 is 12.1 Å². The number of carbonyl (C=O) groups excluding carboxylic acids is 3. The Morgan fingerprint density at radius 3 is 2.62 bits per heavy atom. The molecule has 4 aliphatic rings. The van der Waals surface area contributed by atoms with Gasteiger partial charge in [-0.1, -0.05) is 28.5 Å². The van der Waals surface area contributed by atoms with Gasteiger partial charge in [0.2, 0.25) is 11.6 Å². The van der Waals surface area contributed by atoms with Crippen LogP contribution in [0.5, 0.6) is 0 Å². The Hall–Kier alpha value is -2.18. The lowest BCUT2D eigenvalue weighted by molar-refractivity contribution is -0.146. The molecule has 1 saturated carbocycles. The van der Waals surface area contributed by atoms with E-state index in [1.165, 1.54) is 10.8 Å². The summed E-state index contributed by atoms with van der Waals surface area (Å²) in [7, 11) is 4.67. The zero-order valence-electron chi connectivity index (χ0n) is 21.8. The van der Waals surface area contributed by atoms with E-state index in [-0.39, 0.29) is 29.8 Å². The predicted molar refractivity (Wildman–Crippen MR) is 140 cm³/mol. The number of piperidine rings is 1. The van der Waals surface area contributed by atoms with Crippen LogP contribution in [0.2, 0.25) is 0 Å². The van der Waals surface area contributed by atoms with Gasteiger partial charge in [-0.3, -0.25) is 14.4 Å². The second-order valence-electron chi connectivity index (χ2n) is 10.9. The van der Waals surface area contributed by atoms with Crippen molar-refractivity contribution >= 4 is 45.2 Å². The van der Waals surface area contributed by atoms with E-state index in [0.717, 1.165) is 12.2 Å². The maximum Gasteiger partial charge on any atom is 0.404 e. The normalized spacial score (nSPS) is 29.2. The third-order valence-electron chi connectivity index (χ3n) is 7.88. The molecule has 0 aromatic rings. The number of rotatable bonds is 12. The van der Waals surface area contributed by atoms with E-state index in [9.17, 15) is 19.2 Å². The van der Waals surface area contributed by atoms with E-state index in [1.54, 1.807) is 31.8 Å². The highest BCUT2D eigenvalue weighted by atomic mass is 33.1. The van der Waals surface area contributed by atoms with Crippen LogP contribution in [0.15, 0.2) is 22.5 Å². The van der Waals surface area contributed by atoms with Crippen LogP contribution in [0.4, 0.5) is 4.79 Å². The summed E-state index contributed by atoms with van der Waals surface area (Å²) in [5.41, 5.74) is 5.16. The quantitative estimate of drug-likeness (QED) is 0.186. The number of nitrogens with two attached hydrogens (primary N) is 1. The predicted octanol–water partition coefficient (Wildman–Crippen LogP) is 2.55. The molecule has 1 amide bonds. The van der Waals surface area contributed by atoms with Gasteiger partial charge in [-0.15, -0.1) is 0 Å². The molecule has 0 aromatic heterocycles. The number of Topliss-reactive ketones (excluding diaryl/α,β-unsaturated/α-hetero) is 2. The Morgan fingerprint density at radius 2 is 2.00 bits per heavy atom. The van der Waals surface area contributed by atoms with E-state index in [2.05, 4.69) is 5.32 Å². The average molecular weight is 554 g/mol. The highest BCUT2D eigenvalue weighted by molar-refractivity contribution is 8.76. The molecule has 2 aliphatic carbocycles. The highest BCUT2D eigenvalue weighted by Gasteiger charge is 2.72. The molecule has 5 atom stereocenters. The third-order valence-corrected chi connectivity index (χ3v) is 10.5. The molecule has 2 fully saturated rings. The third kappa shape index (κ3) is 4.87. The molecule has 37 heavy (non-hydrogen) atoms. The Balaban J connectivity index is 1.51. The van der Waals surface area contributed by atoms with Crippen LogP contribution in [0.1, 0.15) is 40.5 Å². The largest absolute Gasteiger partial charge is 0.481 e. The Morgan fingerprint density at radius 1 is 1.30 bits per heavy atom. The molecule has 10 nitrogen and oxygen atoms in total. The zero-order chi connectivity index (χ0) is 27.3. The first-order valence-corrected chi connectivity index (χ1v) is 14.9. The molecule has 0 radical (unpaired) electrons. The summed E-state index contributed by atoms with van der Waals surface area (Å²) in [4.78, 5) is 52.0. The number of ketones is 2. The van der Waals surface area contributed by atoms with Crippen molar-refractivity contribution in [2.24, 2.45) is 29.4 Å². The number of carboxylic acids is 1. The minimum atomic E-state index is -0.939. The summed E-state index contributed by atoms with van der Waals surface area (Å²) >= 11 is 0. The van der Waals surface area contributed by atoms with Crippen LogP contribution in [-0.2, 0) is 23.9 Å². The number of nitrogens with one attached hydrogen (secondary N) is 1. The van der Waals surface area contributed by atoms with E-state index in [1.807, 2.05) is 18.7 Å². The first-order chi connectivity index (χ1) is 17.4. The number of nitrogens with zero attached hydrogens (tertiary/aromatic N) is 1. The Labute approximate surface area is 224 Å². The molecule has 0 bridgehead atoms. The van der Waals surface area contributed by atoms with E-state index < -0.39 is 35.2 Å². The lowest BCUT2D eigenvalue weighted by Crippen LogP contribution is -2.51. The fourth-order valence-electron chi connectivity index (χ4n) is 5.77. The first kappa shape index (κ1) is 27.8. The van der Waals surface area contributed by atoms with Gasteiger partial charge in [0, 0.05) is 47.8 Å². The number of aliphatic carboxylic acids is 1. The van der Waals surface area contributed by atoms with Gasteiger partial charge in [0.15, 0.2) is 5.72 Å². The molecule has 1 saturated heterocycles. The van der Waals surface area contributed by atoms with Crippen LogP contribution in [0.25, 0.3) is 0 Å². The molecule has 4 rings (SSSR count). The number of carboxylic acid groups (broad SMARTS) is 1. The molecular weight excluding hydrogens is 518 g/mol. The number of methoxy groups -OCH3 is 1. The number of hydrogen-bond acceptors (Lipinski definition) is 10. The van der Waals surface area contributed by atoms with Crippen molar-refractivity contribution in [2.75, 3.05) is 31.8 Å². The summed E-state index contributed by atoms with van der Waals surface area (Å²) in [5.74, 6) is -0.575. The van der Waals surface area contributed by atoms with Crippen LogP contribution in [-0.4, -0.2) is 76.7 Å². The van der Waals surface area contributed by atoms with Gasteiger partial charge in [-0.25, -0.2) is 4.79 Å².